The second-order valence-electron chi connectivity index (χ2n) is 6.08. The van der Waals surface area contributed by atoms with E-state index < -0.39 is 0 Å². The van der Waals surface area contributed by atoms with Gasteiger partial charge in [0.1, 0.15) is 0 Å². The number of likely N-dealkylation sites (tertiary alicyclic amines) is 1. The number of rotatable bonds is 4. The Balaban J connectivity index is 1.58. The molecule has 2 atom stereocenters. The zero-order valence-corrected chi connectivity index (χ0v) is 12.0. The van der Waals surface area contributed by atoms with Crippen LogP contribution < -0.4 is 11.1 Å². The lowest BCUT2D eigenvalue weighted by atomic mass is 10.1. The Morgan fingerprint density at radius 3 is 2.65 bits per heavy atom. The Labute approximate surface area is 120 Å². The molecule has 4 nitrogen and oxygen atoms in total. The van der Waals surface area contributed by atoms with Gasteiger partial charge in [0.05, 0.1) is 0 Å². The highest BCUT2D eigenvalue weighted by Gasteiger charge is 2.39. The molecule has 0 unspecified atom stereocenters. The normalized spacial score (nSPS) is 26.7. The average molecular weight is 273 g/mol. The summed E-state index contributed by atoms with van der Waals surface area (Å²) < 4.78 is 0. The number of carbonyl (C=O) groups excluding carboxylic acids is 1. The molecule has 0 spiro atoms. The molecule has 20 heavy (non-hydrogen) atoms. The Morgan fingerprint density at radius 1 is 1.35 bits per heavy atom. The summed E-state index contributed by atoms with van der Waals surface area (Å²) in [6.07, 6.45) is 3.71. The fourth-order valence-corrected chi connectivity index (χ4v) is 3.14. The summed E-state index contributed by atoms with van der Waals surface area (Å²) in [4.78, 5) is 14.8. The molecule has 1 aromatic carbocycles. The predicted octanol–water partition coefficient (Wildman–Crippen LogP) is 1.50. The number of amides is 1. The highest BCUT2D eigenvalue weighted by molar-refractivity contribution is 5.94. The molecular formula is C16H23N3O. The van der Waals surface area contributed by atoms with Crippen molar-refractivity contribution in [3.63, 3.8) is 0 Å². The van der Waals surface area contributed by atoms with E-state index in [1.807, 2.05) is 24.3 Å². The molecule has 0 aromatic heterocycles. The Morgan fingerprint density at radius 2 is 2.05 bits per heavy atom. The van der Waals surface area contributed by atoms with Gasteiger partial charge < -0.3 is 11.1 Å². The van der Waals surface area contributed by atoms with E-state index in [1.165, 1.54) is 12.8 Å². The zero-order valence-electron chi connectivity index (χ0n) is 12.0. The molecule has 1 aliphatic carbocycles. The van der Waals surface area contributed by atoms with Gasteiger partial charge >= 0.3 is 0 Å². The van der Waals surface area contributed by atoms with Gasteiger partial charge in [-0.1, -0.05) is 12.1 Å². The van der Waals surface area contributed by atoms with Gasteiger partial charge in [-0.25, -0.2) is 0 Å². The number of nitrogens with two attached hydrogens (primary N) is 1. The van der Waals surface area contributed by atoms with Gasteiger partial charge in [-0.15, -0.1) is 0 Å². The van der Waals surface area contributed by atoms with Crippen LogP contribution in [0.4, 0.5) is 0 Å². The van der Waals surface area contributed by atoms with Gasteiger partial charge in [0.25, 0.3) is 5.91 Å². The highest BCUT2D eigenvalue weighted by atomic mass is 16.1. The quantitative estimate of drug-likeness (QED) is 0.874. The maximum absolute atomic E-state index is 12.2. The van der Waals surface area contributed by atoms with E-state index in [4.69, 9.17) is 5.73 Å². The van der Waals surface area contributed by atoms with Gasteiger partial charge in [0, 0.05) is 36.8 Å². The first-order valence-corrected chi connectivity index (χ1v) is 7.53. The molecule has 1 aromatic rings. The van der Waals surface area contributed by atoms with Gasteiger partial charge in [-0.05, 0) is 43.9 Å². The molecule has 1 heterocycles. The van der Waals surface area contributed by atoms with Gasteiger partial charge in [-0.3, -0.25) is 9.69 Å². The third-order valence-corrected chi connectivity index (χ3v) is 4.43. The maximum Gasteiger partial charge on any atom is 0.251 e. The van der Waals surface area contributed by atoms with E-state index in [-0.39, 0.29) is 11.9 Å². The third kappa shape index (κ3) is 2.86. The van der Waals surface area contributed by atoms with Crippen LogP contribution in [0.1, 0.15) is 42.1 Å². The van der Waals surface area contributed by atoms with Crippen molar-refractivity contribution in [2.24, 2.45) is 5.73 Å². The smallest absolute Gasteiger partial charge is 0.251 e. The van der Waals surface area contributed by atoms with E-state index >= 15 is 0 Å². The second-order valence-corrected chi connectivity index (χ2v) is 6.08. The Kier molecular flexibility index (Phi) is 3.76. The van der Waals surface area contributed by atoms with Crippen molar-refractivity contribution >= 4 is 5.91 Å². The lowest BCUT2D eigenvalue weighted by Crippen LogP contribution is -2.37. The summed E-state index contributed by atoms with van der Waals surface area (Å²) in [6.45, 7) is 3.78. The van der Waals surface area contributed by atoms with Crippen LogP contribution in [0.5, 0.6) is 0 Å². The van der Waals surface area contributed by atoms with Crippen LogP contribution in [-0.4, -0.2) is 35.5 Å². The number of nitrogens with zero attached hydrogens (tertiary/aromatic N) is 1. The van der Waals surface area contributed by atoms with Gasteiger partial charge in [0.15, 0.2) is 0 Å². The zero-order chi connectivity index (χ0) is 14.1. The molecule has 4 heteroatoms. The van der Waals surface area contributed by atoms with Crippen LogP contribution in [0.3, 0.4) is 0 Å². The van der Waals surface area contributed by atoms with Crippen LogP contribution in [0, 0.1) is 0 Å². The number of benzene rings is 1. The molecule has 2 fully saturated rings. The molecule has 1 amide bonds. The lowest BCUT2D eigenvalue weighted by molar-refractivity contribution is 0.0937. The van der Waals surface area contributed by atoms with Crippen molar-refractivity contribution in [2.75, 3.05) is 6.54 Å². The van der Waals surface area contributed by atoms with Crippen molar-refractivity contribution in [1.29, 1.82) is 0 Å². The van der Waals surface area contributed by atoms with Crippen molar-refractivity contribution in [3.05, 3.63) is 35.4 Å². The first kappa shape index (κ1) is 13.6. The Bertz CT molecular complexity index is 481. The van der Waals surface area contributed by atoms with Crippen LogP contribution in [-0.2, 0) is 6.54 Å². The van der Waals surface area contributed by atoms with E-state index in [1.54, 1.807) is 0 Å². The molecule has 1 saturated carbocycles. The number of nitrogens with one attached hydrogen (secondary N) is 1. The van der Waals surface area contributed by atoms with Gasteiger partial charge in [0.2, 0.25) is 0 Å². The molecule has 3 rings (SSSR count). The standard InChI is InChI=1S/C16H23N3O/c1-11-8-14(10-19(11)15-6-7-15)18-16(20)13-4-2-12(9-17)3-5-13/h2-5,11,14-15H,6-10,17H2,1H3,(H,18,20)/t11-,14+/m0/s1. The van der Waals surface area contributed by atoms with Crippen LogP contribution in [0.2, 0.25) is 0 Å². The fraction of sp³-hybridized carbons (Fsp3) is 0.562. The Hall–Kier alpha value is -1.39. The van der Waals surface area contributed by atoms with Crippen molar-refractivity contribution in [2.45, 2.75) is 50.9 Å². The largest absolute Gasteiger partial charge is 0.348 e. The number of carbonyl (C=O) groups is 1. The van der Waals surface area contributed by atoms with Crippen molar-refractivity contribution < 1.29 is 4.79 Å². The first-order valence-electron chi connectivity index (χ1n) is 7.53. The summed E-state index contributed by atoms with van der Waals surface area (Å²) in [5, 5.41) is 3.16. The van der Waals surface area contributed by atoms with E-state index in [9.17, 15) is 4.79 Å². The summed E-state index contributed by atoms with van der Waals surface area (Å²) in [6, 6.07) is 9.20. The topological polar surface area (TPSA) is 58.4 Å². The minimum absolute atomic E-state index is 0.0309. The van der Waals surface area contributed by atoms with Crippen LogP contribution >= 0.6 is 0 Å². The number of hydrogen-bond acceptors (Lipinski definition) is 3. The summed E-state index contributed by atoms with van der Waals surface area (Å²) in [5.74, 6) is 0.0309. The molecule has 1 saturated heterocycles. The van der Waals surface area contributed by atoms with Crippen LogP contribution in [0.15, 0.2) is 24.3 Å². The van der Waals surface area contributed by atoms with E-state index in [0.717, 1.165) is 30.1 Å². The molecule has 3 N–H and O–H groups in total. The molecule has 2 aliphatic rings. The summed E-state index contributed by atoms with van der Waals surface area (Å²) >= 11 is 0. The predicted molar refractivity (Wildman–Crippen MR) is 79.4 cm³/mol. The molecular weight excluding hydrogens is 250 g/mol. The SMILES string of the molecule is C[C@H]1C[C@@H](NC(=O)c2ccc(CN)cc2)CN1C1CC1. The van der Waals surface area contributed by atoms with Gasteiger partial charge in [-0.2, -0.15) is 0 Å². The van der Waals surface area contributed by atoms with E-state index in [0.29, 0.717) is 12.6 Å². The minimum Gasteiger partial charge on any atom is -0.348 e. The second kappa shape index (κ2) is 5.54. The minimum atomic E-state index is 0.0309. The summed E-state index contributed by atoms with van der Waals surface area (Å²) in [5.41, 5.74) is 7.34. The first-order chi connectivity index (χ1) is 9.67. The van der Waals surface area contributed by atoms with Crippen LogP contribution in [0.25, 0.3) is 0 Å². The van der Waals surface area contributed by atoms with E-state index in [2.05, 4.69) is 17.1 Å². The summed E-state index contributed by atoms with van der Waals surface area (Å²) in [7, 11) is 0. The third-order valence-electron chi connectivity index (χ3n) is 4.43. The maximum atomic E-state index is 12.2. The molecule has 1 aliphatic heterocycles. The van der Waals surface area contributed by atoms with Crippen molar-refractivity contribution in [3.8, 4) is 0 Å². The fourth-order valence-electron chi connectivity index (χ4n) is 3.14. The lowest BCUT2D eigenvalue weighted by Gasteiger charge is -2.19. The highest BCUT2D eigenvalue weighted by Crippen LogP contribution is 2.33. The number of hydrogen-bond donors (Lipinski definition) is 2. The van der Waals surface area contributed by atoms with Crippen molar-refractivity contribution in [1.82, 2.24) is 10.2 Å². The monoisotopic (exact) mass is 273 g/mol. The molecule has 0 radical (unpaired) electrons. The molecule has 108 valence electrons. The average Bonchev–Trinajstić information content (AvgIpc) is 3.23. The molecule has 0 bridgehead atoms.